The summed E-state index contributed by atoms with van der Waals surface area (Å²) in [7, 11) is 0. The van der Waals surface area contributed by atoms with Crippen LogP contribution >= 0.6 is 11.8 Å². The topological polar surface area (TPSA) is 139 Å². The van der Waals surface area contributed by atoms with E-state index in [1.807, 2.05) is 0 Å². The van der Waals surface area contributed by atoms with Crippen molar-refractivity contribution in [2.24, 2.45) is 5.73 Å². The Kier molecular flexibility index (Phi) is 4.32. The van der Waals surface area contributed by atoms with E-state index >= 15 is 0 Å². The molecule has 0 radical (unpaired) electrons. The van der Waals surface area contributed by atoms with Crippen LogP contribution in [0.4, 0.5) is 4.79 Å². The molecule has 94 valence electrons. The maximum Gasteiger partial charge on any atom is 0.326 e. The van der Waals surface area contributed by atoms with Crippen LogP contribution in [0.25, 0.3) is 0 Å². The first-order chi connectivity index (χ1) is 7.90. The number of aliphatic carboxylic acids is 1. The maximum absolute atomic E-state index is 11.5. The van der Waals surface area contributed by atoms with Gasteiger partial charge in [-0.05, 0) is 0 Å². The Morgan fingerprint density at radius 3 is 2.65 bits per heavy atom. The molecule has 0 aromatic rings. The van der Waals surface area contributed by atoms with Crippen molar-refractivity contribution in [1.29, 1.82) is 0 Å². The summed E-state index contributed by atoms with van der Waals surface area (Å²) in [6, 6.07) is -2.15. The summed E-state index contributed by atoms with van der Waals surface area (Å²) in [5.41, 5.74) is 4.85. The van der Waals surface area contributed by atoms with Gasteiger partial charge in [-0.2, -0.15) is 0 Å². The minimum atomic E-state index is -1.37. The van der Waals surface area contributed by atoms with Crippen LogP contribution in [0.15, 0.2) is 0 Å². The highest BCUT2D eigenvalue weighted by Gasteiger charge is 2.31. The first-order valence-corrected chi connectivity index (χ1v) is 5.63. The van der Waals surface area contributed by atoms with Crippen LogP contribution in [0.3, 0.4) is 0 Å². The monoisotopic (exact) mass is 261 g/mol. The summed E-state index contributed by atoms with van der Waals surface area (Å²) in [6.45, 7) is 0. The number of rotatable bonds is 5. The zero-order chi connectivity index (χ0) is 13.0. The van der Waals surface area contributed by atoms with Crippen LogP contribution in [0, 0.1) is 0 Å². The van der Waals surface area contributed by atoms with Crippen LogP contribution in [0.2, 0.25) is 0 Å². The predicted molar refractivity (Wildman–Crippen MR) is 58.2 cm³/mol. The minimum absolute atomic E-state index is 0.230. The molecule has 9 heteroatoms. The molecule has 1 unspecified atom stereocenters. The molecule has 17 heavy (non-hydrogen) atoms. The lowest BCUT2D eigenvalue weighted by Gasteiger charge is -2.15. The highest BCUT2D eigenvalue weighted by Crippen LogP contribution is 2.13. The summed E-state index contributed by atoms with van der Waals surface area (Å²) in [6.07, 6.45) is -0.491. The van der Waals surface area contributed by atoms with E-state index in [9.17, 15) is 19.2 Å². The fraction of sp³-hybridized carbons (Fsp3) is 0.500. The lowest BCUT2D eigenvalue weighted by molar-refractivity contribution is -0.143. The molecule has 5 N–H and O–H groups in total. The molecule has 1 fully saturated rings. The van der Waals surface area contributed by atoms with Gasteiger partial charge in [0.2, 0.25) is 11.8 Å². The Labute approximate surface area is 100 Å². The number of hydrogen-bond donors (Lipinski definition) is 4. The second-order valence-corrected chi connectivity index (χ2v) is 4.36. The molecule has 1 heterocycles. The number of nitrogens with two attached hydrogens (primary N) is 1. The molecule has 1 aliphatic rings. The van der Waals surface area contributed by atoms with Crippen molar-refractivity contribution in [3.8, 4) is 0 Å². The van der Waals surface area contributed by atoms with E-state index in [0.29, 0.717) is 0 Å². The van der Waals surface area contributed by atoms with E-state index in [4.69, 9.17) is 10.8 Å². The Morgan fingerprint density at radius 2 is 2.24 bits per heavy atom. The van der Waals surface area contributed by atoms with Gasteiger partial charge >= 0.3 is 5.97 Å². The first kappa shape index (κ1) is 13.3. The van der Waals surface area contributed by atoms with Gasteiger partial charge in [0, 0.05) is 5.75 Å². The third-order valence-electron chi connectivity index (χ3n) is 2.01. The Balaban J connectivity index is 2.55. The number of amides is 3. The maximum atomic E-state index is 11.5. The van der Waals surface area contributed by atoms with Crippen molar-refractivity contribution in [3.05, 3.63) is 0 Å². The standard InChI is InChI=1S/C8H11N3O5S/c9-5(12)1-3(7(14)15)10-6(13)4-2-17-8(16)11-4/h3-4H,1-2H2,(H2,9,12)(H,10,13)(H,11,16)(H,14,15)/t3-,4?/m0/s1. The third kappa shape index (κ3) is 3.94. The zero-order valence-electron chi connectivity index (χ0n) is 8.63. The van der Waals surface area contributed by atoms with E-state index < -0.39 is 36.3 Å². The third-order valence-corrected chi connectivity index (χ3v) is 2.89. The zero-order valence-corrected chi connectivity index (χ0v) is 9.45. The van der Waals surface area contributed by atoms with Crippen LogP contribution < -0.4 is 16.4 Å². The molecule has 0 bridgehead atoms. The number of carbonyl (C=O) groups excluding carboxylic acids is 3. The average molecular weight is 261 g/mol. The smallest absolute Gasteiger partial charge is 0.326 e. The molecule has 1 aliphatic heterocycles. The Morgan fingerprint density at radius 1 is 1.59 bits per heavy atom. The van der Waals surface area contributed by atoms with Gasteiger partial charge in [-0.25, -0.2) is 4.79 Å². The quantitative estimate of drug-likeness (QED) is 0.463. The second-order valence-electron chi connectivity index (χ2n) is 3.37. The van der Waals surface area contributed by atoms with Gasteiger partial charge in [-0.15, -0.1) is 0 Å². The van der Waals surface area contributed by atoms with Gasteiger partial charge in [0.15, 0.2) is 0 Å². The van der Waals surface area contributed by atoms with Crippen molar-refractivity contribution in [3.63, 3.8) is 0 Å². The fourth-order valence-electron chi connectivity index (χ4n) is 1.20. The molecule has 2 atom stereocenters. The number of thioether (sulfide) groups is 1. The summed E-state index contributed by atoms with van der Waals surface area (Å²) < 4.78 is 0. The molecule has 0 aromatic heterocycles. The van der Waals surface area contributed by atoms with Gasteiger partial charge in [0.25, 0.3) is 5.24 Å². The second kappa shape index (κ2) is 5.53. The van der Waals surface area contributed by atoms with E-state index in [1.54, 1.807) is 0 Å². The minimum Gasteiger partial charge on any atom is -0.480 e. The first-order valence-electron chi connectivity index (χ1n) is 4.65. The van der Waals surface area contributed by atoms with Crippen LogP contribution in [0.5, 0.6) is 0 Å². The van der Waals surface area contributed by atoms with Gasteiger partial charge in [-0.1, -0.05) is 11.8 Å². The molecule has 0 aromatic carbocycles. The van der Waals surface area contributed by atoms with E-state index in [2.05, 4.69) is 10.6 Å². The fourth-order valence-corrected chi connectivity index (χ4v) is 1.98. The largest absolute Gasteiger partial charge is 0.480 e. The number of carbonyl (C=O) groups is 4. The van der Waals surface area contributed by atoms with Crippen LogP contribution in [0.1, 0.15) is 6.42 Å². The van der Waals surface area contributed by atoms with Crippen LogP contribution in [-0.2, 0) is 14.4 Å². The average Bonchev–Trinajstić information content (AvgIpc) is 2.63. The molecule has 1 rings (SSSR count). The van der Waals surface area contributed by atoms with E-state index in [1.165, 1.54) is 0 Å². The lowest BCUT2D eigenvalue weighted by Crippen LogP contribution is -2.50. The molecule has 1 saturated heterocycles. The Hall–Kier alpha value is -1.77. The number of carboxylic acids is 1. The van der Waals surface area contributed by atoms with Crippen LogP contribution in [-0.4, -0.2) is 46.0 Å². The summed E-state index contributed by atoms with van der Waals surface area (Å²) >= 11 is 0.933. The van der Waals surface area contributed by atoms with Gasteiger partial charge in [0.1, 0.15) is 12.1 Å². The normalized spacial score (nSPS) is 20.5. The predicted octanol–water partition coefficient (Wildman–Crippen LogP) is -1.74. The number of hydrogen-bond acceptors (Lipinski definition) is 5. The SMILES string of the molecule is NC(=O)C[C@H](NC(=O)C1CSC(=O)N1)C(=O)O. The highest BCUT2D eigenvalue weighted by atomic mass is 32.2. The number of nitrogens with one attached hydrogen (secondary N) is 2. The summed E-state index contributed by atoms with van der Waals surface area (Å²) in [4.78, 5) is 43.7. The molecular weight excluding hydrogens is 250 g/mol. The van der Waals surface area contributed by atoms with Crippen molar-refractivity contribution < 1.29 is 24.3 Å². The summed E-state index contributed by atoms with van der Waals surface area (Å²) in [5.74, 6) is -2.60. The van der Waals surface area contributed by atoms with Crippen molar-refractivity contribution >= 4 is 34.8 Å². The molecule has 0 saturated carbocycles. The molecule has 8 nitrogen and oxygen atoms in total. The Bertz CT molecular complexity index is 372. The van der Waals surface area contributed by atoms with Crippen molar-refractivity contribution in [1.82, 2.24) is 10.6 Å². The van der Waals surface area contributed by atoms with Gasteiger partial charge in [0.05, 0.1) is 6.42 Å². The molecule has 3 amide bonds. The van der Waals surface area contributed by atoms with Crippen molar-refractivity contribution in [2.45, 2.75) is 18.5 Å². The molecular formula is C8H11N3O5S. The molecule has 0 aliphatic carbocycles. The van der Waals surface area contributed by atoms with Gasteiger partial charge in [-0.3, -0.25) is 14.4 Å². The summed E-state index contributed by atoms with van der Waals surface area (Å²) in [5, 5.41) is 12.9. The number of primary amides is 1. The lowest BCUT2D eigenvalue weighted by atomic mass is 10.2. The number of carboxylic acid groups (broad SMARTS) is 1. The van der Waals surface area contributed by atoms with Gasteiger partial charge < -0.3 is 21.5 Å². The van der Waals surface area contributed by atoms with E-state index in [0.717, 1.165) is 11.8 Å². The van der Waals surface area contributed by atoms with Crippen molar-refractivity contribution in [2.75, 3.05) is 5.75 Å². The molecule has 0 spiro atoms. The highest BCUT2D eigenvalue weighted by molar-refractivity contribution is 8.14. The van der Waals surface area contributed by atoms with E-state index in [-0.39, 0.29) is 11.0 Å².